The molecule has 0 fully saturated rings. The molecule has 0 saturated carbocycles. The Balaban J connectivity index is 1.32. The molecular formula is C31H32N2O3. The molecule has 3 N–H and O–H groups in total. The van der Waals surface area contributed by atoms with Crippen LogP contribution in [-0.4, -0.2) is 19.0 Å². The molecule has 5 nitrogen and oxygen atoms in total. The molecule has 0 unspecified atom stereocenters. The van der Waals surface area contributed by atoms with E-state index in [0.717, 1.165) is 52.3 Å². The Morgan fingerprint density at radius 1 is 0.722 bits per heavy atom. The molecule has 0 atom stereocenters. The van der Waals surface area contributed by atoms with E-state index in [2.05, 4.69) is 19.1 Å². The van der Waals surface area contributed by atoms with E-state index in [4.69, 9.17) is 25.4 Å². The van der Waals surface area contributed by atoms with Crippen LogP contribution in [0, 0.1) is 5.41 Å². The van der Waals surface area contributed by atoms with Gasteiger partial charge in [-0.15, -0.1) is 0 Å². The zero-order valence-corrected chi connectivity index (χ0v) is 20.6. The van der Waals surface area contributed by atoms with Crippen LogP contribution in [0.4, 0.5) is 0 Å². The lowest BCUT2D eigenvalue weighted by Gasteiger charge is -2.14. The van der Waals surface area contributed by atoms with Crippen molar-refractivity contribution in [3.8, 4) is 28.4 Å². The first kappa shape index (κ1) is 24.9. The highest BCUT2D eigenvalue weighted by molar-refractivity contribution is 5.95. The Morgan fingerprint density at radius 3 is 2.14 bits per heavy atom. The molecule has 0 spiro atoms. The van der Waals surface area contributed by atoms with Crippen molar-refractivity contribution in [1.82, 2.24) is 0 Å². The largest absolute Gasteiger partial charge is 0.490 e. The van der Waals surface area contributed by atoms with Gasteiger partial charge in [0.15, 0.2) is 0 Å². The first-order valence-electron chi connectivity index (χ1n) is 12.2. The van der Waals surface area contributed by atoms with Crippen molar-refractivity contribution in [3.63, 3.8) is 0 Å². The summed E-state index contributed by atoms with van der Waals surface area (Å²) in [6, 6.07) is 31.8. The standard InChI is InChI=1S/C31H32N2O3/c1-2-7-27-20-26(24-12-14-25(15-13-24)31(32)33)16-17-30(27)35-19-18-34-28-10-6-11-29(21-28)36-22-23-8-4-3-5-9-23/h3-6,8-17,20-21H,2,7,18-19,22H2,1H3,(H3,32,33). The Morgan fingerprint density at radius 2 is 1.42 bits per heavy atom. The number of hydrogen-bond acceptors (Lipinski definition) is 4. The molecule has 36 heavy (non-hydrogen) atoms. The minimum atomic E-state index is 0.0747. The monoisotopic (exact) mass is 480 g/mol. The Labute approximate surface area is 213 Å². The molecule has 0 heterocycles. The van der Waals surface area contributed by atoms with Crippen molar-refractivity contribution in [3.05, 3.63) is 114 Å². The fourth-order valence-electron chi connectivity index (χ4n) is 3.91. The van der Waals surface area contributed by atoms with Gasteiger partial charge >= 0.3 is 0 Å². The molecule has 4 aromatic rings. The Bertz CT molecular complexity index is 1270. The number of hydrogen-bond donors (Lipinski definition) is 2. The fourth-order valence-corrected chi connectivity index (χ4v) is 3.91. The smallest absolute Gasteiger partial charge is 0.123 e. The Hall–Kier alpha value is -4.25. The third-order valence-electron chi connectivity index (χ3n) is 5.77. The molecule has 5 heteroatoms. The molecule has 184 valence electrons. The van der Waals surface area contributed by atoms with Gasteiger partial charge in [-0.1, -0.05) is 80.1 Å². The predicted molar refractivity (Wildman–Crippen MR) is 145 cm³/mol. The highest BCUT2D eigenvalue weighted by Gasteiger charge is 2.08. The highest BCUT2D eigenvalue weighted by Crippen LogP contribution is 2.28. The number of nitrogens with two attached hydrogens (primary N) is 1. The van der Waals surface area contributed by atoms with Gasteiger partial charge in [0.05, 0.1) is 0 Å². The summed E-state index contributed by atoms with van der Waals surface area (Å²) >= 11 is 0. The number of nitrogens with one attached hydrogen (secondary N) is 1. The molecule has 0 bridgehead atoms. The maximum absolute atomic E-state index is 7.57. The first-order valence-corrected chi connectivity index (χ1v) is 12.2. The second kappa shape index (κ2) is 12.5. The van der Waals surface area contributed by atoms with Gasteiger partial charge in [0, 0.05) is 11.6 Å². The second-order valence-electron chi connectivity index (χ2n) is 8.51. The third kappa shape index (κ3) is 6.89. The van der Waals surface area contributed by atoms with Crippen molar-refractivity contribution in [2.75, 3.05) is 13.2 Å². The van der Waals surface area contributed by atoms with Crippen LogP contribution in [0.15, 0.2) is 97.1 Å². The highest BCUT2D eigenvalue weighted by atomic mass is 16.5. The van der Waals surface area contributed by atoms with E-state index < -0.39 is 0 Å². The number of aryl methyl sites for hydroxylation is 1. The van der Waals surface area contributed by atoms with E-state index in [1.54, 1.807) is 0 Å². The molecule has 0 aromatic heterocycles. The lowest BCUT2D eigenvalue weighted by Crippen LogP contribution is -2.10. The van der Waals surface area contributed by atoms with Crippen molar-refractivity contribution >= 4 is 5.84 Å². The summed E-state index contributed by atoms with van der Waals surface area (Å²) < 4.78 is 17.9. The second-order valence-corrected chi connectivity index (χ2v) is 8.51. The first-order chi connectivity index (χ1) is 17.6. The summed E-state index contributed by atoms with van der Waals surface area (Å²) in [7, 11) is 0. The van der Waals surface area contributed by atoms with E-state index in [1.165, 1.54) is 5.56 Å². The van der Waals surface area contributed by atoms with Crippen LogP contribution in [0.1, 0.15) is 30.0 Å². The van der Waals surface area contributed by atoms with Crippen LogP contribution in [0.3, 0.4) is 0 Å². The quantitative estimate of drug-likeness (QED) is 0.136. The predicted octanol–water partition coefficient (Wildman–Crippen LogP) is 6.63. The van der Waals surface area contributed by atoms with Crippen LogP contribution in [0.25, 0.3) is 11.1 Å². The fraction of sp³-hybridized carbons (Fsp3) is 0.194. The normalized spacial score (nSPS) is 10.6. The van der Waals surface area contributed by atoms with E-state index >= 15 is 0 Å². The van der Waals surface area contributed by atoms with Gasteiger partial charge in [0.25, 0.3) is 0 Å². The van der Waals surface area contributed by atoms with Gasteiger partial charge in [-0.05, 0) is 52.9 Å². The third-order valence-corrected chi connectivity index (χ3v) is 5.77. The summed E-state index contributed by atoms with van der Waals surface area (Å²) in [4.78, 5) is 0. The SMILES string of the molecule is CCCc1cc(-c2ccc(C(=N)N)cc2)ccc1OCCOc1cccc(OCc2ccccc2)c1. The van der Waals surface area contributed by atoms with Gasteiger partial charge in [-0.3, -0.25) is 5.41 Å². The average Bonchev–Trinajstić information content (AvgIpc) is 2.91. The van der Waals surface area contributed by atoms with Crippen molar-refractivity contribution in [1.29, 1.82) is 5.41 Å². The minimum Gasteiger partial charge on any atom is -0.490 e. The number of ether oxygens (including phenoxy) is 3. The molecule has 0 aliphatic rings. The molecule has 0 radical (unpaired) electrons. The summed E-state index contributed by atoms with van der Waals surface area (Å²) in [5, 5.41) is 7.57. The van der Waals surface area contributed by atoms with Gasteiger partial charge in [0.2, 0.25) is 0 Å². The van der Waals surface area contributed by atoms with Crippen LogP contribution < -0.4 is 19.9 Å². The van der Waals surface area contributed by atoms with E-state index in [0.29, 0.717) is 19.8 Å². The van der Waals surface area contributed by atoms with Gasteiger partial charge in [0.1, 0.15) is 42.9 Å². The van der Waals surface area contributed by atoms with E-state index in [1.807, 2.05) is 84.9 Å². The summed E-state index contributed by atoms with van der Waals surface area (Å²) in [6.45, 7) is 3.55. The molecular weight excluding hydrogens is 448 g/mol. The topological polar surface area (TPSA) is 77.6 Å². The summed E-state index contributed by atoms with van der Waals surface area (Å²) in [5.74, 6) is 2.48. The van der Waals surface area contributed by atoms with Crippen molar-refractivity contribution < 1.29 is 14.2 Å². The molecule has 0 aliphatic heterocycles. The average molecular weight is 481 g/mol. The van der Waals surface area contributed by atoms with Crippen molar-refractivity contribution in [2.45, 2.75) is 26.4 Å². The zero-order valence-electron chi connectivity index (χ0n) is 20.6. The van der Waals surface area contributed by atoms with Crippen molar-refractivity contribution in [2.24, 2.45) is 5.73 Å². The van der Waals surface area contributed by atoms with Crippen LogP contribution in [0.5, 0.6) is 17.2 Å². The molecule has 0 saturated heterocycles. The van der Waals surface area contributed by atoms with Gasteiger partial charge in [-0.25, -0.2) is 0 Å². The molecule has 0 aliphatic carbocycles. The summed E-state index contributed by atoms with van der Waals surface area (Å²) in [6.07, 6.45) is 1.95. The van der Waals surface area contributed by atoms with Gasteiger partial charge in [-0.2, -0.15) is 0 Å². The molecule has 0 amide bonds. The Kier molecular flexibility index (Phi) is 8.60. The van der Waals surface area contributed by atoms with Crippen LogP contribution in [0.2, 0.25) is 0 Å². The molecule has 4 rings (SSSR count). The maximum Gasteiger partial charge on any atom is 0.123 e. The number of amidine groups is 1. The zero-order chi connectivity index (χ0) is 25.2. The summed E-state index contributed by atoms with van der Waals surface area (Å²) in [5.41, 5.74) is 10.8. The molecule has 4 aromatic carbocycles. The van der Waals surface area contributed by atoms with Gasteiger partial charge < -0.3 is 19.9 Å². The van der Waals surface area contributed by atoms with E-state index in [-0.39, 0.29) is 5.84 Å². The maximum atomic E-state index is 7.57. The lowest BCUT2D eigenvalue weighted by molar-refractivity contribution is 0.215. The minimum absolute atomic E-state index is 0.0747. The number of nitrogen functional groups attached to an aromatic ring is 1. The van der Waals surface area contributed by atoms with Crippen LogP contribution >= 0.6 is 0 Å². The van der Waals surface area contributed by atoms with E-state index in [9.17, 15) is 0 Å². The number of rotatable bonds is 12. The van der Waals surface area contributed by atoms with Crippen LogP contribution in [-0.2, 0) is 13.0 Å². The lowest BCUT2D eigenvalue weighted by atomic mass is 9.99. The number of benzene rings is 4.